The van der Waals surface area contributed by atoms with Crippen LogP contribution in [0.3, 0.4) is 0 Å². The third-order valence-corrected chi connectivity index (χ3v) is 8.24. The maximum absolute atomic E-state index is 13.9. The zero-order chi connectivity index (χ0) is 36.3. The zero-order valence-corrected chi connectivity index (χ0v) is 28.1. The molecule has 4 bridgehead atoms. The number of carbonyl (C=O) groups excluding carboxylic acids is 5. The Bertz CT molecular complexity index is 1840. The largest absolute Gasteiger partial charge is 0.465 e. The van der Waals surface area contributed by atoms with Gasteiger partial charge in [-0.2, -0.15) is 0 Å². The highest BCUT2D eigenvalue weighted by molar-refractivity contribution is 6.11. The lowest BCUT2D eigenvalue weighted by molar-refractivity contribution is -0.123. The molecule has 0 spiro atoms. The molecular weight excluding hydrogens is 662 g/mol. The summed E-state index contributed by atoms with van der Waals surface area (Å²) in [5, 5.41) is 29.5. The highest BCUT2D eigenvalue weighted by Gasteiger charge is 2.35. The number of aryl methyl sites for hydroxylation is 1. The van der Waals surface area contributed by atoms with Crippen LogP contribution in [0.2, 0.25) is 0 Å². The quantitative estimate of drug-likeness (QED) is 0.173. The fourth-order valence-corrected chi connectivity index (χ4v) is 5.73. The average Bonchev–Trinajstić information content (AvgIpc) is 3.76. The van der Waals surface area contributed by atoms with Crippen molar-refractivity contribution in [1.82, 2.24) is 36.3 Å². The number of nitrogens with one attached hydrogen (secondary N) is 4. The number of esters is 2. The Morgan fingerprint density at radius 2 is 1.53 bits per heavy atom. The molecule has 0 saturated heterocycles. The molecule has 3 heterocycles. The molecule has 3 atom stereocenters. The summed E-state index contributed by atoms with van der Waals surface area (Å²) in [5.74, 6) is -3.81. The van der Waals surface area contributed by atoms with Gasteiger partial charge in [0.2, 0.25) is 11.7 Å². The van der Waals surface area contributed by atoms with Crippen molar-refractivity contribution in [1.29, 1.82) is 0 Å². The molecule has 51 heavy (non-hydrogen) atoms. The molecule has 0 unspecified atom stereocenters. The number of methoxy groups -OCH3 is 2. The van der Waals surface area contributed by atoms with Gasteiger partial charge in [-0.05, 0) is 24.0 Å². The normalized spacial score (nSPS) is 18.7. The van der Waals surface area contributed by atoms with E-state index in [1.807, 2.05) is 60.7 Å². The van der Waals surface area contributed by atoms with E-state index in [4.69, 9.17) is 13.9 Å². The predicted molar refractivity (Wildman–Crippen MR) is 179 cm³/mol. The number of aliphatic hydroxyl groups is 1. The summed E-state index contributed by atoms with van der Waals surface area (Å²) in [5.41, 5.74) is 1.36. The number of hydrogen-bond donors (Lipinski definition) is 5. The Hall–Kier alpha value is -6.03. The summed E-state index contributed by atoms with van der Waals surface area (Å²) < 4.78 is 17.3. The van der Waals surface area contributed by atoms with Crippen LogP contribution in [0.5, 0.6) is 0 Å². The van der Waals surface area contributed by atoms with E-state index in [1.54, 1.807) is 6.20 Å². The lowest BCUT2D eigenvalue weighted by Gasteiger charge is -2.21. The third-order valence-electron chi connectivity index (χ3n) is 8.24. The van der Waals surface area contributed by atoms with Gasteiger partial charge in [-0.25, -0.2) is 14.4 Å². The van der Waals surface area contributed by atoms with Crippen molar-refractivity contribution in [2.45, 2.75) is 56.9 Å². The number of amides is 4. The monoisotopic (exact) mass is 701 g/mol. The van der Waals surface area contributed by atoms with Gasteiger partial charge in [0.15, 0.2) is 0 Å². The third kappa shape index (κ3) is 9.36. The van der Waals surface area contributed by atoms with Crippen molar-refractivity contribution in [2.75, 3.05) is 20.8 Å². The Morgan fingerprint density at radius 3 is 2.18 bits per heavy atom. The molecule has 4 aromatic rings. The first-order valence-electron chi connectivity index (χ1n) is 16.2. The first-order chi connectivity index (χ1) is 24.7. The molecule has 1 aliphatic rings. The minimum absolute atomic E-state index is 0.00139. The van der Waals surface area contributed by atoms with E-state index in [-0.39, 0.29) is 43.7 Å². The van der Waals surface area contributed by atoms with Crippen LogP contribution in [0.15, 0.2) is 71.3 Å². The van der Waals surface area contributed by atoms with Crippen molar-refractivity contribution in [3.8, 4) is 0 Å². The van der Waals surface area contributed by atoms with Gasteiger partial charge in [0.25, 0.3) is 5.91 Å². The van der Waals surface area contributed by atoms with E-state index >= 15 is 0 Å². The Morgan fingerprint density at radius 1 is 0.882 bits per heavy atom. The summed E-state index contributed by atoms with van der Waals surface area (Å²) >= 11 is 0. The smallest absolute Gasteiger partial charge is 0.342 e. The summed E-state index contributed by atoms with van der Waals surface area (Å²) in [6.45, 7) is -0.398. The molecule has 5 N–H and O–H groups in total. The molecule has 1 aliphatic heterocycles. The number of carbonyl (C=O) groups is 5. The van der Waals surface area contributed by atoms with Crippen LogP contribution in [0.4, 0.5) is 4.79 Å². The van der Waals surface area contributed by atoms with Crippen LogP contribution in [0, 0.1) is 0 Å². The lowest BCUT2D eigenvalue weighted by atomic mass is 10.0. The van der Waals surface area contributed by atoms with Crippen molar-refractivity contribution >= 4 is 29.8 Å². The number of urea groups is 1. The zero-order valence-electron chi connectivity index (χ0n) is 28.1. The van der Waals surface area contributed by atoms with Gasteiger partial charge < -0.3 is 40.3 Å². The van der Waals surface area contributed by atoms with Crippen LogP contribution < -0.4 is 21.3 Å². The second kappa shape index (κ2) is 17.1. The molecule has 0 fully saturated rings. The number of benzene rings is 2. The first kappa shape index (κ1) is 36.3. The van der Waals surface area contributed by atoms with Crippen LogP contribution in [0.1, 0.15) is 60.3 Å². The molecule has 16 nitrogen and oxygen atoms in total. The number of ether oxygens (including phenoxy) is 2. The van der Waals surface area contributed by atoms with Crippen molar-refractivity contribution < 1.29 is 43.0 Å². The topological polar surface area (TPSA) is 216 Å². The molecule has 0 aliphatic carbocycles. The number of aliphatic hydroxyl groups excluding tert-OH is 1. The minimum atomic E-state index is -1.01. The van der Waals surface area contributed by atoms with Crippen LogP contribution >= 0.6 is 0 Å². The Labute approximate surface area is 292 Å². The molecular formula is C35H39N7O9. The number of fused-ring (bicyclic) bond motifs is 4. The first-order valence-corrected chi connectivity index (χ1v) is 16.2. The van der Waals surface area contributed by atoms with Gasteiger partial charge in [0.05, 0.1) is 52.2 Å². The van der Waals surface area contributed by atoms with Gasteiger partial charge >= 0.3 is 18.0 Å². The molecule has 0 radical (unpaired) electrons. The molecule has 16 heteroatoms. The van der Waals surface area contributed by atoms with Crippen molar-refractivity contribution in [3.63, 3.8) is 0 Å². The summed E-state index contributed by atoms with van der Waals surface area (Å²) in [7, 11) is 2.21. The average molecular weight is 702 g/mol. The molecule has 2 aromatic carbocycles. The second-order valence-electron chi connectivity index (χ2n) is 11.9. The van der Waals surface area contributed by atoms with E-state index in [0.717, 1.165) is 25.3 Å². The Balaban J connectivity index is 1.53. The fraction of sp³-hybridized carbons (Fsp3) is 0.343. The second-order valence-corrected chi connectivity index (χ2v) is 11.9. The van der Waals surface area contributed by atoms with Crippen LogP contribution in [0.25, 0.3) is 0 Å². The predicted octanol–water partition coefficient (Wildman–Crippen LogP) is 1.32. The lowest BCUT2D eigenvalue weighted by Crippen LogP contribution is -2.53. The number of hydrogen-bond acceptors (Lipinski definition) is 11. The molecule has 268 valence electrons. The van der Waals surface area contributed by atoms with E-state index in [1.165, 1.54) is 4.68 Å². The van der Waals surface area contributed by atoms with E-state index in [0.29, 0.717) is 12.1 Å². The SMILES string of the molecule is COC(=O)c1c2oc(c1C(=O)OC)C(=O)N[C@@H](Cc1ccccc1)Cn1cc(nn1)CNC(=O)[C@H](Cc1ccccc1)NC(=O)N[C@@H](CO)CC2. The van der Waals surface area contributed by atoms with E-state index in [2.05, 4.69) is 31.6 Å². The number of rotatable bonds is 7. The van der Waals surface area contributed by atoms with Gasteiger partial charge in [-0.15, -0.1) is 5.10 Å². The molecule has 0 saturated carbocycles. The van der Waals surface area contributed by atoms with Crippen LogP contribution in [-0.2, 0) is 46.6 Å². The maximum Gasteiger partial charge on any atom is 0.342 e. The maximum atomic E-state index is 13.9. The van der Waals surface area contributed by atoms with Gasteiger partial charge in [0.1, 0.15) is 28.6 Å². The van der Waals surface area contributed by atoms with Gasteiger partial charge in [-0.1, -0.05) is 65.9 Å². The number of aromatic nitrogens is 3. The molecule has 5 rings (SSSR count). The number of nitrogens with zero attached hydrogens (tertiary/aromatic N) is 3. The minimum Gasteiger partial charge on any atom is -0.465 e. The van der Waals surface area contributed by atoms with E-state index in [9.17, 15) is 29.1 Å². The summed E-state index contributed by atoms with van der Waals surface area (Å²) in [6.07, 6.45) is 2.01. The highest BCUT2D eigenvalue weighted by atomic mass is 16.5. The summed E-state index contributed by atoms with van der Waals surface area (Å²) in [4.78, 5) is 66.6. The number of furan rings is 1. The van der Waals surface area contributed by atoms with Gasteiger partial charge in [0, 0.05) is 12.8 Å². The standard InChI is InChI=1S/C35H39N7O9/c1-49-33(46)28-27-14-13-23(20-43)38-35(48)39-26(16-22-11-7-4-8-12-22)31(44)36-17-25-19-42(41-40-25)18-24(15-21-9-5-3-6-10-21)37-32(45)30(51-27)29(28)34(47)50-2/h3-12,19,23-24,26,43H,13-18,20H2,1-2H3,(H,36,44)(H,37,45)(H2,38,39,48)/t23-,24+,26+/m1/s1. The fourth-order valence-electron chi connectivity index (χ4n) is 5.73. The van der Waals surface area contributed by atoms with Crippen LogP contribution in [-0.4, -0.2) is 88.8 Å². The molecule has 4 amide bonds. The Kier molecular flexibility index (Phi) is 12.1. The molecule has 2 aromatic heterocycles. The van der Waals surface area contributed by atoms with Crippen molar-refractivity contribution in [3.05, 3.63) is 106 Å². The highest BCUT2D eigenvalue weighted by Crippen LogP contribution is 2.27. The van der Waals surface area contributed by atoms with Gasteiger partial charge in [-0.3, -0.25) is 14.3 Å². The van der Waals surface area contributed by atoms with E-state index < -0.39 is 65.8 Å². The van der Waals surface area contributed by atoms with Crippen molar-refractivity contribution in [2.24, 2.45) is 0 Å². The summed E-state index contributed by atoms with van der Waals surface area (Å²) in [6, 6.07) is 15.2.